The fourth-order valence-electron chi connectivity index (χ4n) is 3.42. The van der Waals surface area contributed by atoms with E-state index in [4.69, 9.17) is 11.6 Å². The van der Waals surface area contributed by atoms with Gasteiger partial charge in [0.1, 0.15) is 11.6 Å². The van der Waals surface area contributed by atoms with Crippen LogP contribution in [0.1, 0.15) is 36.9 Å². The van der Waals surface area contributed by atoms with Crippen LogP contribution in [0.5, 0.6) is 0 Å². The molecule has 1 aromatic rings. The Bertz CT molecular complexity index is 856. The first kappa shape index (κ1) is 21.5. The SMILES string of the molecule is OC(=C\CCCc1ccc2c(n1)NCCC2)/C=C/C1C=CC(Cl)=C(C(F)(F)F)C1. The van der Waals surface area contributed by atoms with Crippen LogP contribution in [0.25, 0.3) is 0 Å². The lowest BCUT2D eigenvalue weighted by molar-refractivity contribution is -0.0949. The molecule has 1 aromatic heterocycles. The molecule has 0 aromatic carbocycles. The number of aryl methyl sites for hydroxylation is 2. The molecule has 0 spiro atoms. The number of aliphatic hydroxyl groups excluding tert-OH is 1. The van der Waals surface area contributed by atoms with Crippen molar-refractivity contribution in [2.45, 2.75) is 44.7 Å². The lowest BCUT2D eigenvalue weighted by atomic mass is 9.93. The fourth-order valence-corrected chi connectivity index (χ4v) is 3.68. The molecule has 0 saturated carbocycles. The van der Waals surface area contributed by atoms with E-state index in [1.807, 2.05) is 6.07 Å². The monoisotopic (exact) mass is 424 g/mol. The Balaban J connectivity index is 1.46. The Morgan fingerprint density at radius 3 is 2.97 bits per heavy atom. The zero-order chi connectivity index (χ0) is 20.9. The van der Waals surface area contributed by atoms with E-state index in [0.29, 0.717) is 6.42 Å². The number of anilines is 1. The normalized spacial score (nSPS) is 20.1. The summed E-state index contributed by atoms with van der Waals surface area (Å²) in [4.78, 5) is 4.64. The molecule has 0 saturated heterocycles. The van der Waals surface area contributed by atoms with Crippen molar-refractivity contribution in [2.24, 2.45) is 5.92 Å². The highest BCUT2D eigenvalue weighted by molar-refractivity contribution is 6.31. The number of rotatable bonds is 6. The number of nitrogens with zero attached hydrogens (tertiary/aromatic N) is 1. The molecule has 2 N–H and O–H groups in total. The predicted molar refractivity (Wildman–Crippen MR) is 110 cm³/mol. The molecule has 29 heavy (non-hydrogen) atoms. The number of alkyl halides is 3. The number of aromatic nitrogens is 1. The molecule has 0 bridgehead atoms. The summed E-state index contributed by atoms with van der Waals surface area (Å²) in [6.07, 6.45) is 7.36. The second-order valence-electron chi connectivity index (χ2n) is 7.27. The number of allylic oxidation sites excluding steroid dienone is 7. The number of hydrogen-bond donors (Lipinski definition) is 2. The van der Waals surface area contributed by atoms with Crippen molar-refractivity contribution >= 4 is 17.4 Å². The third-order valence-electron chi connectivity index (χ3n) is 5.02. The van der Waals surface area contributed by atoms with Gasteiger partial charge in [0.05, 0.1) is 5.57 Å². The summed E-state index contributed by atoms with van der Waals surface area (Å²) >= 11 is 5.65. The number of pyridine rings is 1. The van der Waals surface area contributed by atoms with Crippen molar-refractivity contribution in [2.75, 3.05) is 11.9 Å². The third kappa shape index (κ3) is 6.13. The highest BCUT2D eigenvalue weighted by atomic mass is 35.5. The highest BCUT2D eigenvalue weighted by Gasteiger charge is 2.37. The Morgan fingerprint density at radius 2 is 2.17 bits per heavy atom. The van der Waals surface area contributed by atoms with Crippen LogP contribution in [0.4, 0.5) is 19.0 Å². The van der Waals surface area contributed by atoms with Gasteiger partial charge in [-0.3, -0.25) is 0 Å². The van der Waals surface area contributed by atoms with Crippen LogP contribution in [0, 0.1) is 5.92 Å². The second-order valence-corrected chi connectivity index (χ2v) is 7.68. The summed E-state index contributed by atoms with van der Waals surface area (Å²) in [5.74, 6) is 0.576. The zero-order valence-electron chi connectivity index (χ0n) is 16.0. The van der Waals surface area contributed by atoms with Crippen LogP contribution in [0.15, 0.2) is 58.9 Å². The van der Waals surface area contributed by atoms with E-state index in [9.17, 15) is 18.3 Å². The Hall–Kier alpha value is -2.21. The molecule has 1 unspecified atom stereocenters. The van der Waals surface area contributed by atoms with Crippen molar-refractivity contribution in [3.05, 3.63) is 70.1 Å². The highest BCUT2D eigenvalue weighted by Crippen LogP contribution is 2.38. The largest absolute Gasteiger partial charge is 0.508 e. The van der Waals surface area contributed by atoms with Gasteiger partial charge >= 0.3 is 6.18 Å². The van der Waals surface area contributed by atoms with E-state index in [1.54, 1.807) is 18.2 Å². The van der Waals surface area contributed by atoms with E-state index in [1.165, 1.54) is 17.7 Å². The van der Waals surface area contributed by atoms with Gasteiger partial charge in [0, 0.05) is 17.3 Å². The molecule has 156 valence electrons. The Kier molecular flexibility index (Phi) is 7.06. The van der Waals surface area contributed by atoms with Gasteiger partial charge in [-0.2, -0.15) is 13.2 Å². The van der Waals surface area contributed by atoms with Crippen LogP contribution >= 0.6 is 11.6 Å². The molecule has 2 aliphatic rings. The fraction of sp³-hybridized carbons (Fsp3) is 0.409. The summed E-state index contributed by atoms with van der Waals surface area (Å²) < 4.78 is 38.8. The summed E-state index contributed by atoms with van der Waals surface area (Å²) in [5, 5.41) is 13.0. The van der Waals surface area contributed by atoms with Gasteiger partial charge in [0.15, 0.2) is 0 Å². The van der Waals surface area contributed by atoms with Crippen LogP contribution in [0.2, 0.25) is 0 Å². The average Bonchev–Trinajstić information content (AvgIpc) is 2.69. The van der Waals surface area contributed by atoms with Crippen molar-refractivity contribution < 1.29 is 18.3 Å². The summed E-state index contributed by atoms with van der Waals surface area (Å²) in [6, 6.07) is 4.16. The Labute approximate surface area is 173 Å². The summed E-state index contributed by atoms with van der Waals surface area (Å²) in [6.45, 7) is 0.953. The maximum Gasteiger partial charge on any atom is 0.414 e. The molecule has 1 aliphatic carbocycles. The van der Waals surface area contributed by atoms with Crippen molar-refractivity contribution in [3.8, 4) is 0 Å². The molecule has 1 atom stereocenters. The van der Waals surface area contributed by atoms with Crippen molar-refractivity contribution in [1.82, 2.24) is 4.98 Å². The third-order valence-corrected chi connectivity index (χ3v) is 5.37. The number of aliphatic hydroxyl groups is 1. The molecule has 3 rings (SSSR count). The molecule has 0 fully saturated rings. The lowest BCUT2D eigenvalue weighted by Crippen LogP contribution is -2.17. The molecule has 7 heteroatoms. The number of unbranched alkanes of at least 4 members (excludes halogenated alkanes) is 1. The van der Waals surface area contributed by atoms with Gasteiger partial charge < -0.3 is 10.4 Å². The molecule has 2 heterocycles. The van der Waals surface area contributed by atoms with Gasteiger partial charge in [-0.05, 0) is 74.3 Å². The average molecular weight is 425 g/mol. The minimum absolute atomic E-state index is 0.0488. The minimum atomic E-state index is -4.44. The Morgan fingerprint density at radius 1 is 1.34 bits per heavy atom. The summed E-state index contributed by atoms with van der Waals surface area (Å²) in [7, 11) is 0. The van der Waals surface area contributed by atoms with Gasteiger partial charge in [-0.15, -0.1) is 0 Å². The number of halogens is 4. The van der Waals surface area contributed by atoms with Crippen molar-refractivity contribution in [3.63, 3.8) is 0 Å². The molecule has 1 aliphatic heterocycles. The van der Waals surface area contributed by atoms with Crippen LogP contribution < -0.4 is 5.32 Å². The molecule has 0 amide bonds. The minimum Gasteiger partial charge on any atom is -0.508 e. The van der Waals surface area contributed by atoms with E-state index in [-0.39, 0.29) is 17.2 Å². The van der Waals surface area contributed by atoms with Gasteiger partial charge in [0.2, 0.25) is 0 Å². The standard InChI is InChI=1S/C22H24ClF3N2O/c23-20-12-8-15(14-19(20)22(24,25)26)7-11-18(29)6-2-1-5-17-10-9-16-4-3-13-27-21(16)28-17/h6-12,15,29H,1-5,13-14H2,(H,27,28)/b11-7+,18-6-. The van der Waals surface area contributed by atoms with Gasteiger partial charge in [0.25, 0.3) is 0 Å². The number of hydrogen-bond acceptors (Lipinski definition) is 3. The molecule has 3 nitrogen and oxygen atoms in total. The molecular weight excluding hydrogens is 401 g/mol. The van der Waals surface area contributed by atoms with Crippen LogP contribution in [-0.2, 0) is 12.8 Å². The summed E-state index contributed by atoms with van der Waals surface area (Å²) in [5.41, 5.74) is 1.54. The van der Waals surface area contributed by atoms with Gasteiger partial charge in [-0.25, -0.2) is 4.98 Å². The smallest absolute Gasteiger partial charge is 0.414 e. The van der Waals surface area contributed by atoms with E-state index >= 15 is 0 Å². The van der Waals surface area contributed by atoms with Crippen LogP contribution in [0.3, 0.4) is 0 Å². The molecular formula is C22H24ClF3N2O. The van der Waals surface area contributed by atoms with E-state index in [0.717, 1.165) is 43.7 Å². The first-order chi connectivity index (χ1) is 13.8. The maximum atomic E-state index is 12.9. The first-order valence-electron chi connectivity index (χ1n) is 9.77. The zero-order valence-corrected chi connectivity index (χ0v) is 16.7. The van der Waals surface area contributed by atoms with Gasteiger partial charge in [-0.1, -0.05) is 29.8 Å². The number of fused-ring (bicyclic) bond motifs is 1. The van der Waals surface area contributed by atoms with E-state index < -0.39 is 17.7 Å². The van der Waals surface area contributed by atoms with Crippen molar-refractivity contribution in [1.29, 1.82) is 0 Å². The second kappa shape index (κ2) is 9.53. The maximum absolute atomic E-state index is 12.9. The molecule has 0 radical (unpaired) electrons. The lowest BCUT2D eigenvalue weighted by Gasteiger charge is -2.19. The number of nitrogens with one attached hydrogen (secondary N) is 1. The van der Waals surface area contributed by atoms with Crippen LogP contribution in [-0.4, -0.2) is 22.8 Å². The first-order valence-corrected chi connectivity index (χ1v) is 10.1. The predicted octanol–water partition coefficient (Wildman–Crippen LogP) is 6.39. The quantitative estimate of drug-likeness (QED) is 0.316. The van der Waals surface area contributed by atoms with E-state index in [2.05, 4.69) is 16.4 Å². The topological polar surface area (TPSA) is 45.2 Å².